The van der Waals surface area contributed by atoms with Crippen LogP contribution in [0, 0.1) is 11.3 Å². The van der Waals surface area contributed by atoms with Gasteiger partial charge in [-0.3, -0.25) is 4.79 Å². The van der Waals surface area contributed by atoms with Crippen LogP contribution in [0.5, 0.6) is 0 Å². The van der Waals surface area contributed by atoms with E-state index in [4.69, 9.17) is 10.00 Å². The second-order valence-corrected chi connectivity index (χ2v) is 5.67. The molecule has 0 bridgehead atoms. The molecule has 0 aliphatic rings. The zero-order valence-corrected chi connectivity index (χ0v) is 13.7. The average molecular weight is 327 g/mol. The average Bonchev–Trinajstić information content (AvgIpc) is 2.69. The first-order valence-corrected chi connectivity index (χ1v) is 8.02. The van der Waals surface area contributed by atoms with Gasteiger partial charge < -0.3 is 4.74 Å². The van der Waals surface area contributed by atoms with Crippen LogP contribution in [-0.4, -0.2) is 12.4 Å². The molecule has 0 atom stereocenters. The summed E-state index contributed by atoms with van der Waals surface area (Å²) < 4.78 is 5.53. The van der Waals surface area contributed by atoms with Crippen molar-refractivity contribution in [3.8, 4) is 17.2 Å². The van der Waals surface area contributed by atoms with E-state index in [2.05, 4.69) is 6.07 Å². The number of rotatable bonds is 6. The minimum Gasteiger partial charge on any atom is -0.369 e. The van der Waals surface area contributed by atoms with E-state index in [0.717, 1.165) is 16.7 Å². The summed E-state index contributed by atoms with van der Waals surface area (Å²) in [7, 11) is 0. The van der Waals surface area contributed by atoms with Gasteiger partial charge in [0.2, 0.25) is 0 Å². The molecule has 3 heteroatoms. The third kappa shape index (κ3) is 4.41. The number of nitriles is 1. The Kier molecular flexibility index (Phi) is 5.36. The molecule has 25 heavy (non-hydrogen) atoms. The molecule has 0 saturated heterocycles. The van der Waals surface area contributed by atoms with Gasteiger partial charge in [-0.15, -0.1) is 0 Å². The first kappa shape index (κ1) is 16.6. The molecule has 0 amide bonds. The largest absolute Gasteiger partial charge is 0.369 e. The molecule has 3 rings (SSSR count). The Bertz CT molecular complexity index is 893. The Hall–Kier alpha value is -3.22. The van der Waals surface area contributed by atoms with Crippen molar-refractivity contribution < 1.29 is 9.53 Å². The van der Waals surface area contributed by atoms with Crippen LogP contribution in [0.2, 0.25) is 0 Å². The first-order valence-electron chi connectivity index (χ1n) is 8.02. The van der Waals surface area contributed by atoms with Crippen LogP contribution in [0.25, 0.3) is 11.1 Å². The van der Waals surface area contributed by atoms with Gasteiger partial charge in [-0.25, -0.2) is 0 Å². The summed E-state index contributed by atoms with van der Waals surface area (Å²) in [6, 6.07) is 26.7. The van der Waals surface area contributed by atoms with Gasteiger partial charge in [0.15, 0.2) is 5.78 Å². The van der Waals surface area contributed by atoms with Gasteiger partial charge in [-0.2, -0.15) is 5.26 Å². The van der Waals surface area contributed by atoms with Crippen LogP contribution in [0.1, 0.15) is 21.5 Å². The highest BCUT2D eigenvalue weighted by Crippen LogP contribution is 2.21. The molecule has 0 N–H and O–H groups in total. The lowest BCUT2D eigenvalue weighted by Crippen LogP contribution is -2.08. The van der Waals surface area contributed by atoms with E-state index in [9.17, 15) is 4.79 Å². The predicted octanol–water partition coefficient (Wildman–Crippen LogP) is 4.62. The SMILES string of the molecule is N#Cc1cccc(-c2ccc(COCC(=O)c3ccccc3)cc2)c1. The Morgan fingerprint density at radius 2 is 1.64 bits per heavy atom. The summed E-state index contributed by atoms with van der Waals surface area (Å²) in [4.78, 5) is 12.0. The molecule has 0 radical (unpaired) electrons. The standard InChI is InChI=1S/C22H17NO2/c23-14-18-5-4-8-21(13-18)19-11-9-17(10-12-19)15-25-16-22(24)20-6-2-1-3-7-20/h1-13H,15-16H2. The number of carbonyl (C=O) groups excluding carboxylic acids is 1. The molecule has 122 valence electrons. The van der Waals surface area contributed by atoms with Crippen molar-refractivity contribution in [2.24, 2.45) is 0 Å². The predicted molar refractivity (Wildman–Crippen MR) is 97.0 cm³/mol. The number of hydrogen-bond donors (Lipinski definition) is 0. The first-order chi connectivity index (χ1) is 12.3. The molecule has 0 aromatic heterocycles. The van der Waals surface area contributed by atoms with Crippen molar-refractivity contribution in [3.05, 3.63) is 95.6 Å². The molecule has 3 aromatic rings. The molecule has 0 aliphatic heterocycles. The van der Waals surface area contributed by atoms with Crippen molar-refractivity contribution in [3.63, 3.8) is 0 Å². The Balaban J connectivity index is 1.58. The molecule has 0 heterocycles. The fraction of sp³-hybridized carbons (Fsp3) is 0.0909. The topological polar surface area (TPSA) is 50.1 Å². The molecule has 3 aromatic carbocycles. The highest BCUT2D eigenvalue weighted by atomic mass is 16.5. The number of Topliss-reactive ketones (excluding diaryl/α,β-unsaturated/α-hetero) is 1. The summed E-state index contributed by atoms with van der Waals surface area (Å²) in [5.41, 5.74) is 4.35. The van der Waals surface area contributed by atoms with E-state index in [1.54, 1.807) is 18.2 Å². The zero-order chi connectivity index (χ0) is 17.5. The molecular weight excluding hydrogens is 310 g/mol. The third-order valence-electron chi connectivity index (χ3n) is 3.88. The Morgan fingerprint density at radius 1 is 0.880 bits per heavy atom. The quantitative estimate of drug-likeness (QED) is 0.620. The van der Waals surface area contributed by atoms with Crippen molar-refractivity contribution in [1.29, 1.82) is 5.26 Å². The summed E-state index contributed by atoms with van der Waals surface area (Å²) in [6.07, 6.45) is 0. The highest BCUT2D eigenvalue weighted by Gasteiger charge is 2.05. The number of ether oxygens (including phenoxy) is 1. The lowest BCUT2D eigenvalue weighted by Gasteiger charge is -2.06. The number of hydrogen-bond acceptors (Lipinski definition) is 3. The number of ketones is 1. The van der Waals surface area contributed by atoms with Crippen LogP contribution in [0.3, 0.4) is 0 Å². The van der Waals surface area contributed by atoms with E-state index < -0.39 is 0 Å². The fourth-order valence-electron chi connectivity index (χ4n) is 2.53. The minimum atomic E-state index is -0.0226. The molecule has 3 nitrogen and oxygen atoms in total. The van der Waals surface area contributed by atoms with Gasteiger partial charge in [0.1, 0.15) is 6.61 Å². The van der Waals surface area contributed by atoms with E-state index in [0.29, 0.717) is 17.7 Å². The molecule has 0 unspecified atom stereocenters. The van der Waals surface area contributed by atoms with Crippen LogP contribution in [0.15, 0.2) is 78.9 Å². The molecule has 0 aliphatic carbocycles. The van der Waals surface area contributed by atoms with Crippen LogP contribution < -0.4 is 0 Å². The number of benzene rings is 3. The van der Waals surface area contributed by atoms with Gasteiger partial charge >= 0.3 is 0 Å². The van der Waals surface area contributed by atoms with E-state index in [1.807, 2.05) is 60.7 Å². The second kappa shape index (κ2) is 8.05. The minimum absolute atomic E-state index is 0.0226. The van der Waals surface area contributed by atoms with Gasteiger partial charge in [-0.1, -0.05) is 66.7 Å². The number of carbonyl (C=O) groups is 1. The molecule has 0 spiro atoms. The summed E-state index contributed by atoms with van der Waals surface area (Å²) in [6.45, 7) is 0.451. The van der Waals surface area contributed by atoms with Crippen molar-refractivity contribution >= 4 is 5.78 Å². The molecular formula is C22H17NO2. The van der Waals surface area contributed by atoms with E-state index in [-0.39, 0.29) is 12.4 Å². The molecule has 0 fully saturated rings. The monoisotopic (exact) mass is 327 g/mol. The van der Waals surface area contributed by atoms with Crippen molar-refractivity contribution in [2.75, 3.05) is 6.61 Å². The van der Waals surface area contributed by atoms with E-state index in [1.165, 1.54) is 0 Å². The van der Waals surface area contributed by atoms with Gasteiger partial charge in [0, 0.05) is 5.56 Å². The van der Waals surface area contributed by atoms with Gasteiger partial charge in [0.25, 0.3) is 0 Å². The maximum Gasteiger partial charge on any atom is 0.188 e. The Morgan fingerprint density at radius 3 is 2.36 bits per heavy atom. The summed E-state index contributed by atoms with van der Waals surface area (Å²) in [5.74, 6) is -0.0226. The smallest absolute Gasteiger partial charge is 0.188 e. The van der Waals surface area contributed by atoms with Gasteiger partial charge in [0.05, 0.1) is 18.2 Å². The zero-order valence-electron chi connectivity index (χ0n) is 13.7. The number of nitrogens with zero attached hydrogens (tertiary/aromatic N) is 1. The lowest BCUT2D eigenvalue weighted by molar-refractivity contribution is 0.0726. The highest BCUT2D eigenvalue weighted by molar-refractivity contribution is 5.96. The van der Waals surface area contributed by atoms with E-state index >= 15 is 0 Å². The third-order valence-corrected chi connectivity index (χ3v) is 3.88. The fourth-order valence-corrected chi connectivity index (χ4v) is 2.53. The maximum absolute atomic E-state index is 12.0. The van der Waals surface area contributed by atoms with Crippen LogP contribution >= 0.6 is 0 Å². The van der Waals surface area contributed by atoms with Gasteiger partial charge in [-0.05, 0) is 28.8 Å². The normalized spacial score (nSPS) is 10.2. The van der Waals surface area contributed by atoms with Crippen molar-refractivity contribution in [1.82, 2.24) is 0 Å². The second-order valence-electron chi connectivity index (χ2n) is 5.67. The molecule has 0 saturated carbocycles. The van der Waals surface area contributed by atoms with Crippen LogP contribution in [-0.2, 0) is 11.3 Å². The maximum atomic E-state index is 12.0. The Labute approximate surface area is 147 Å². The van der Waals surface area contributed by atoms with Crippen LogP contribution in [0.4, 0.5) is 0 Å². The van der Waals surface area contributed by atoms with Crippen molar-refractivity contribution in [2.45, 2.75) is 6.61 Å². The lowest BCUT2D eigenvalue weighted by atomic mass is 10.0. The summed E-state index contributed by atoms with van der Waals surface area (Å²) in [5, 5.41) is 8.98. The summed E-state index contributed by atoms with van der Waals surface area (Å²) >= 11 is 0.